The molecule has 0 saturated heterocycles. The van der Waals surface area contributed by atoms with Gasteiger partial charge in [0.05, 0.1) is 16.2 Å². The van der Waals surface area contributed by atoms with E-state index in [0.717, 1.165) is 23.2 Å². The number of fused-ring (bicyclic) bond motifs is 1. The SMILES string of the molecule is CCOc1cccc2sc(N(CCCN(C)C)C(=O)c3ccc(S(=O)(=O)N(CC(C)C)CC(C)C)cc3)nc12. The molecule has 0 unspecified atom stereocenters. The van der Waals surface area contributed by atoms with Gasteiger partial charge in [0.15, 0.2) is 5.13 Å². The third-order valence-corrected chi connectivity index (χ3v) is 8.90. The minimum Gasteiger partial charge on any atom is -0.492 e. The summed E-state index contributed by atoms with van der Waals surface area (Å²) in [5, 5.41) is 0.595. The van der Waals surface area contributed by atoms with Crippen molar-refractivity contribution in [1.29, 1.82) is 0 Å². The van der Waals surface area contributed by atoms with Crippen LogP contribution >= 0.6 is 11.3 Å². The molecule has 0 aliphatic rings. The molecule has 0 fully saturated rings. The van der Waals surface area contributed by atoms with Crippen LogP contribution in [0.1, 0.15) is 51.4 Å². The van der Waals surface area contributed by atoms with Crippen LogP contribution in [0, 0.1) is 11.8 Å². The highest BCUT2D eigenvalue weighted by Crippen LogP contribution is 2.35. The van der Waals surface area contributed by atoms with Crippen molar-refractivity contribution in [2.45, 2.75) is 45.9 Å². The van der Waals surface area contributed by atoms with Crippen LogP contribution in [-0.4, -0.2) is 75.4 Å². The van der Waals surface area contributed by atoms with Gasteiger partial charge < -0.3 is 9.64 Å². The van der Waals surface area contributed by atoms with Crippen molar-refractivity contribution < 1.29 is 17.9 Å². The minimum atomic E-state index is -3.68. The molecule has 3 rings (SSSR count). The maximum absolute atomic E-state index is 13.8. The van der Waals surface area contributed by atoms with Gasteiger partial charge in [0, 0.05) is 25.2 Å². The zero-order valence-corrected chi connectivity index (χ0v) is 25.8. The smallest absolute Gasteiger partial charge is 0.260 e. The zero-order chi connectivity index (χ0) is 28.7. The number of aromatic nitrogens is 1. The quantitative estimate of drug-likeness (QED) is 0.249. The largest absolute Gasteiger partial charge is 0.492 e. The fourth-order valence-corrected chi connectivity index (χ4v) is 7.06. The first-order valence-electron chi connectivity index (χ1n) is 13.5. The Morgan fingerprint density at radius 1 is 0.974 bits per heavy atom. The molecule has 0 N–H and O–H groups in total. The lowest BCUT2D eigenvalue weighted by atomic mass is 10.2. The van der Waals surface area contributed by atoms with E-state index in [4.69, 9.17) is 9.72 Å². The summed E-state index contributed by atoms with van der Waals surface area (Å²) in [6.45, 7) is 12.7. The first-order chi connectivity index (χ1) is 18.4. The van der Waals surface area contributed by atoms with E-state index in [1.54, 1.807) is 33.5 Å². The molecule has 0 atom stereocenters. The number of sulfonamides is 1. The molecule has 0 aliphatic heterocycles. The number of para-hydroxylation sites is 1. The van der Waals surface area contributed by atoms with Crippen LogP contribution < -0.4 is 9.64 Å². The lowest BCUT2D eigenvalue weighted by Crippen LogP contribution is -2.37. The Morgan fingerprint density at radius 3 is 2.18 bits per heavy atom. The molecule has 8 nitrogen and oxygen atoms in total. The molecule has 39 heavy (non-hydrogen) atoms. The zero-order valence-electron chi connectivity index (χ0n) is 24.2. The minimum absolute atomic E-state index is 0.195. The van der Waals surface area contributed by atoms with E-state index in [1.807, 2.05) is 66.9 Å². The maximum Gasteiger partial charge on any atom is 0.260 e. The van der Waals surface area contributed by atoms with E-state index in [2.05, 4.69) is 4.90 Å². The predicted octanol–water partition coefficient (Wildman–Crippen LogP) is 5.60. The molecule has 0 saturated carbocycles. The first-order valence-corrected chi connectivity index (χ1v) is 15.8. The average Bonchev–Trinajstić information content (AvgIpc) is 3.30. The molecule has 1 amide bonds. The summed E-state index contributed by atoms with van der Waals surface area (Å²) in [6.07, 6.45) is 0.763. The van der Waals surface area contributed by atoms with Crippen molar-refractivity contribution in [3.8, 4) is 5.75 Å². The van der Waals surface area contributed by atoms with Gasteiger partial charge in [-0.05, 0) is 82.2 Å². The number of amides is 1. The molecule has 214 valence electrons. The number of ether oxygens (including phenoxy) is 1. The second-order valence-electron chi connectivity index (χ2n) is 10.8. The van der Waals surface area contributed by atoms with Crippen LogP contribution in [0.5, 0.6) is 5.75 Å². The summed E-state index contributed by atoms with van der Waals surface area (Å²) < 4.78 is 35.1. The molecule has 10 heteroatoms. The Balaban J connectivity index is 1.93. The molecule has 3 aromatic rings. The molecule has 0 aliphatic carbocycles. The van der Waals surface area contributed by atoms with E-state index in [0.29, 0.717) is 42.7 Å². The van der Waals surface area contributed by atoms with Crippen molar-refractivity contribution in [1.82, 2.24) is 14.2 Å². The van der Waals surface area contributed by atoms with Crippen LogP contribution in [0.3, 0.4) is 0 Å². The van der Waals surface area contributed by atoms with Crippen molar-refractivity contribution in [3.05, 3.63) is 48.0 Å². The summed E-state index contributed by atoms with van der Waals surface area (Å²) in [7, 11) is 0.320. The number of thiazole rings is 1. The van der Waals surface area contributed by atoms with Gasteiger partial charge in [-0.2, -0.15) is 4.31 Å². The predicted molar refractivity (Wildman–Crippen MR) is 161 cm³/mol. The lowest BCUT2D eigenvalue weighted by Gasteiger charge is -2.26. The van der Waals surface area contributed by atoms with E-state index >= 15 is 0 Å². The molecular formula is C29H42N4O4S2. The molecule has 1 heterocycles. The average molecular weight is 575 g/mol. The number of anilines is 1. The van der Waals surface area contributed by atoms with E-state index in [-0.39, 0.29) is 22.6 Å². The summed E-state index contributed by atoms with van der Waals surface area (Å²) in [5.41, 5.74) is 1.16. The monoisotopic (exact) mass is 574 g/mol. The maximum atomic E-state index is 13.8. The summed E-state index contributed by atoms with van der Waals surface area (Å²) in [6, 6.07) is 12.1. The second kappa shape index (κ2) is 13.7. The Labute approximate surface area is 237 Å². The van der Waals surface area contributed by atoms with Gasteiger partial charge in [-0.25, -0.2) is 13.4 Å². The van der Waals surface area contributed by atoms with Gasteiger partial charge >= 0.3 is 0 Å². The number of hydrogen-bond donors (Lipinski definition) is 0. The first kappa shape index (κ1) is 31.0. The fraction of sp³-hybridized carbons (Fsp3) is 0.517. The Hall–Kier alpha value is -2.53. The van der Waals surface area contributed by atoms with Crippen LogP contribution in [0.25, 0.3) is 10.2 Å². The van der Waals surface area contributed by atoms with Crippen LogP contribution in [0.2, 0.25) is 0 Å². The summed E-state index contributed by atoms with van der Waals surface area (Å²) in [4.78, 5) is 22.5. The number of carbonyl (C=O) groups excluding carboxylic acids is 1. The van der Waals surface area contributed by atoms with Gasteiger partial charge in [-0.15, -0.1) is 0 Å². The highest BCUT2D eigenvalue weighted by Gasteiger charge is 2.27. The Morgan fingerprint density at radius 2 is 1.62 bits per heavy atom. The number of hydrogen-bond acceptors (Lipinski definition) is 7. The molecule has 0 spiro atoms. The van der Waals surface area contributed by atoms with Gasteiger partial charge in [-0.3, -0.25) is 9.69 Å². The van der Waals surface area contributed by atoms with E-state index in [1.165, 1.54) is 11.3 Å². The lowest BCUT2D eigenvalue weighted by molar-refractivity contribution is 0.0986. The fourth-order valence-electron chi connectivity index (χ4n) is 4.29. The van der Waals surface area contributed by atoms with E-state index < -0.39 is 10.0 Å². The highest BCUT2D eigenvalue weighted by molar-refractivity contribution is 7.89. The number of nitrogens with zero attached hydrogens (tertiary/aromatic N) is 4. The standard InChI is InChI=1S/C29H42N4O4S2/c1-8-37-25-11-9-12-26-27(25)30-29(38-26)33(18-10-17-31(6)7)28(34)23-13-15-24(16-14-23)39(35,36)32(19-21(2)3)20-22(4)5/h9,11-16,21-22H,8,10,17-20H2,1-7H3. The molecule has 2 aromatic carbocycles. The third-order valence-electron chi connectivity index (χ3n) is 6.01. The Kier molecular flexibility index (Phi) is 10.9. The second-order valence-corrected chi connectivity index (χ2v) is 13.7. The van der Waals surface area contributed by atoms with Crippen LogP contribution in [0.15, 0.2) is 47.4 Å². The molecular weight excluding hydrogens is 532 g/mol. The number of rotatable bonds is 14. The van der Waals surface area contributed by atoms with Crippen LogP contribution in [-0.2, 0) is 10.0 Å². The molecule has 0 radical (unpaired) electrons. The number of benzene rings is 2. The summed E-state index contributed by atoms with van der Waals surface area (Å²) in [5.74, 6) is 0.885. The van der Waals surface area contributed by atoms with Gasteiger partial charge in [-0.1, -0.05) is 45.1 Å². The normalized spacial score (nSPS) is 12.3. The topological polar surface area (TPSA) is 83.0 Å². The number of carbonyl (C=O) groups is 1. The van der Waals surface area contributed by atoms with Crippen molar-refractivity contribution in [3.63, 3.8) is 0 Å². The van der Waals surface area contributed by atoms with Crippen molar-refractivity contribution >= 4 is 42.6 Å². The third kappa shape index (κ3) is 8.00. The summed E-state index contributed by atoms with van der Waals surface area (Å²) >= 11 is 1.45. The molecule has 1 aromatic heterocycles. The van der Waals surface area contributed by atoms with Gasteiger partial charge in [0.2, 0.25) is 10.0 Å². The highest BCUT2D eigenvalue weighted by atomic mass is 32.2. The van der Waals surface area contributed by atoms with Gasteiger partial charge in [0.25, 0.3) is 5.91 Å². The Bertz CT molecular complexity index is 1330. The molecule has 0 bridgehead atoms. The van der Waals surface area contributed by atoms with E-state index in [9.17, 15) is 13.2 Å². The van der Waals surface area contributed by atoms with Gasteiger partial charge in [0.1, 0.15) is 11.3 Å². The van der Waals surface area contributed by atoms with Crippen LogP contribution in [0.4, 0.5) is 5.13 Å². The van der Waals surface area contributed by atoms with Crippen molar-refractivity contribution in [2.75, 3.05) is 51.8 Å². The van der Waals surface area contributed by atoms with Crippen molar-refractivity contribution in [2.24, 2.45) is 11.8 Å².